The minimum absolute atomic E-state index is 0.216. The summed E-state index contributed by atoms with van der Waals surface area (Å²) in [6.45, 7) is 3.89. The molecule has 0 N–H and O–H groups in total. The Balaban J connectivity index is 2.82. The lowest BCUT2D eigenvalue weighted by Gasteiger charge is -2.31. The summed E-state index contributed by atoms with van der Waals surface area (Å²) in [5.41, 5.74) is -1.10. The number of benzene rings is 1. The van der Waals surface area contributed by atoms with Crippen molar-refractivity contribution >= 4 is 17.5 Å². The maximum Gasteiger partial charge on any atom is 0.266 e. The summed E-state index contributed by atoms with van der Waals surface area (Å²) in [5, 5.41) is 18.0. The van der Waals surface area contributed by atoms with Gasteiger partial charge in [0.25, 0.3) is 5.91 Å². The molecule has 1 rings (SSSR count). The maximum atomic E-state index is 12.6. The van der Waals surface area contributed by atoms with Gasteiger partial charge in [0.05, 0.1) is 25.0 Å². The van der Waals surface area contributed by atoms with Crippen molar-refractivity contribution in [1.82, 2.24) is 4.90 Å². The van der Waals surface area contributed by atoms with Crippen LogP contribution in [0.5, 0.6) is 5.75 Å². The van der Waals surface area contributed by atoms with E-state index in [1.54, 1.807) is 38.1 Å². The van der Waals surface area contributed by atoms with Gasteiger partial charge in [0.2, 0.25) is 0 Å². The molecule has 0 saturated heterocycles. The molecule has 0 radical (unpaired) electrons. The first kappa shape index (κ1) is 17.8. The molecule has 0 aliphatic carbocycles. The van der Waals surface area contributed by atoms with Crippen molar-refractivity contribution in [2.24, 2.45) is 0 Å². The number of nitriles is 2. The van der Waals surface area contributed by atoms with Gasteiger partial charge in [0.1, 0.15) is 5.75 Å². The van der Waals surface area contributed by atoms with Crippen LogP contribution in [0.1, 0.15) is 26.7 Å². The zero-order chi connectivity index (χ0) is 16.6. The van der Waals surface area contributed by atoms with E-state index in [0.717, 1.165) is 0 Å². The second-order valence-corrected chi connectivity index (χ2v) is 5.61. The smallest absolute Gasteiger partial charge is 0.266 e. The van der Waals surface area contributed by atoms with E-state index < -0.39 is 5.60 Å². The van der Waals surface area contributed by atoms with Crippen molar-refractivity contribution in [3.63, 3.8) is 0 Å². The molecule has 0 saturated carbocycles. The lowest BCUT2D eigenvalue weighted by Crippen LogP contribution is -2.49. The molecule has 116 valence electrons. The number of nitrogens with zero attached hydrogens (tertiary/aromatic N) is 3. The SMILES string of the molecule is CC(C)(Oc1ccc(Cl)cc1)C(=O)N(CCC#N)CCC#N. The van der Waals surface area contributed by atoms with E-state index in [9.17, 15) is 4.79 Å². The van der Waals surface area contributed by atoms with Gasteiger partial charge in [0, 0.05) is 18.1 Å². The van der Waals surface area contributed by atoms with Gasteiger partial charge in [0.15, 0.2) is 5.60 Å². The summed E-state index contributed by atoms with van der Waals surface area (Å²) < 4.78 is 5.74. The van der Waals surface area contributed by atoms with Crippen LogP contribution >= 0.6 is 11.6 Å². The Morgan fingerprint density at radius 1 is 1.18 bits per heavy atom. The van der Waals surface area contributed by atoms with Crippen molar-refractivity contribution in [2.75, 3.05) is 13.1 Å². The largest absolute Gasteiger partial charge is 0.478 e. The Morgan fingerprint density at radius 3 is 2.14 bits per heavy atom. The number of carbonyl (C=O) groups excluding carboxylic acids is 1. The van der Waals surface area contributed by atoms with Crippen molar-refractivity contribution in [3.8, 4) is 17.9 Å². The third-order valence-corrected chi connectivity index (χ3v) is 3.23. The molecule has 0 fully saturated rings. The highest BCUT2D eigenvalue weighted by molar-refractivity contribution is 6.30. The third-order valence-electron chi connectivity index (χ3n) is 2.98. The molecular weight excluding hydrogens is 302 g/mol. The summed E-state index contributed by atoms with van der Waals surface area (Å²) >= 11 is 5.82. The Labute approximate surface area is 135 Å². The van der Waals surface area contributed by atoms with Gasteiger partial charge in [-0.3, -0.25) is 4.79 Å². The van der Waals surface area contributed by atoms with Crippen LogP contribution < -0.4 is 4.74 Å². The van der Waals surface area contributed by atoms with Gasteiger partial charge < -0.3 is 9.64 Å². The molecule has 0 bridgehead atoms. The second kappa shape index (κ2) is 8.26. The van der Waals surface area contributed by atoms with E-state index in [2.05, 4.69) is 0 Å². The van der Waals surface area contributed by atoms with Crippen molar-refractivity contribution < 1.29 is 9.53 Å². The average molecular weight is 320 g/mol. The number of hydrogen-bond donors (Lipinski definition) is 0. The summed E-state index contributed by atoms with van der Waals surface area (Å²) in [6, 6.07) is 10.7. The highest BCUT2D eigenvalue weighted by atomic mass is 35.5. The fourth-order valence-electron chi connectivity index (χ4n) is 1.91. The van der Waals surface area contributed by atoms with Gasteiger partial charge in [-0.25, -0.2) is 0 Å². The van der Waals surface area contributed by atoms with E-state index in [0.29, 0.717) is 10.8 Å². The lowest BCUT2D eigenvalue weighted by molar-refractivity contribution is -0.145. The van der Waals surface area contributed by atoms with Crippen LogP contribution in [0.15, 0.2) is 24.3 Å². The fourth-order valence-corrected chi connectivity index (χ4v) is 2.03. The van der Waals surface area contributed by atoms with Crippen molar-refractivity contribution in [2.45, 2.75) is 32.3 Å². The Kier molecular flexibility index (Phi) is 6.69. The number of rotatable bonds is 7. The third kappa shape index (κ3) is 5.27. The molecule has 0 atom stereocenters. The van der Waals surface area contributed by atoms with E-state index in [-0.39, 0.29) is 31.8 Å². The van der Waals surface area contributed by atoms with Crippen molar-refractivity contribution in [1.29, 1.82) is 10.5 Å². The van der Waals surface area contributed by atoms with E-state index in [1.165, 1.54) is 4.90 Å². The number of halogens is 1. The quantitative estimate of drug-likeness (QED) is 0.773. The second-order valence-electron chi connectivity index (χ2n) is 5.17. The summed E-state index contributed by atoms with van der Waals surface area (Å²) in [4.78, 5) is 14.1. The molecular formula is C16H18ClN3O2. The van der Waals surface area contributed by atoms with Crippen LogP contribution in [0.2, 0.25) is 5.02 Å². The summed E-state index contributed by atoms with van der Waals surface area (Å²) in [5.74, 6) is 0.274. The number of hydrogen-bond acceptors (Lipinski definition) is 4. The minimum atomic E-state index is -1.10. The average Bonchev–Trinajstić information content (AvgIpc) is 2.49. The first-order valence-corrected chi connectivity index (χ1v) is 7.26. The zero-order valence-corrected chi connectivity index (χ0v) is 13.4. The highest BCUT2D eigenvalue weighted by Gasteiger charge is 2.34. The first-order valence-electron chi connectivity index (χ1n) is 6.88. The first-order chi connectivity index (χ1) is 10.4. The van der Waals surface area contributed by atoms with Crippen LogP contribution in [0.25, 0.3) is 0 Å². The van der Waals surface area contributed by atoms with Crippen LogP contribution in [-0.2, 0) is 4.79 Å². The van der Waals surface area contributed by atoms with Crippen LogP contribution in [-0.4, -0.2) is 29.5 Å². The van der Waals surface area contributed by atoms with Gasteiger partial charge in [-0.05, 0) is 38.1 Å². The summed E-state index contributed by atoms with van der Waals surface area (Å²) in [6.07, 6.45) is 0.433. The molecule has 0 spiro atoms. The molecule has 1 aromatic rings. The van der Waals surface area contributed by atoms with Crippen molar-refractivity contribution in [3.05, 3.63) is 29.3 Å². The van der Waals surface area contributed by atoms with Gasteiger partial charge in [-0.15, -0.1) is 0 Å². The van der Waals surface area contributed by atoms with E-state index in [1.807, 2.05) is 12.1 Å². The Hall–Kier alpha value is -2.24. The van der Waals surface area contributed by atoms with Crippen LogP contribution in [0, 0.1) is 22.7 Å². The van der Waals surface area contributed by atoms with E-state index in [4.69, 9.17) is 26.9 Å². The Bertz CT molecular complexity index is 567. The molecule has 1 aromatic carbocycles. The molecule has 0 aliphatic heterocycles. The van der Waals surface area contributed by atoms with Gasteiger partial charge in [-0.2, -0.15) is 10.5 Å². The van der Waals surface area contributed by atoms with Gasteiger partial charge >= 0.3 is 0 Å². The minimum Gasteiger partial charge on any atom is -0.478 e. The zero-order valence-electron chi connectivity index (χ0n) is 12.7. The molecule has 0 aromatic heterocycles. The van der Waals surface area contributed by atoms with Crippen LogP contribution in [0.3, 0.4) is 0 Å². The highest BCUT2D eigenvalue weighted by Crippen LogP contribution is 2.22. The monoisotopic (exact) mass is 319 g/mol. The molecule has 1 amide bonds. The normalized spacial score (nSPS) is 10.4. The number of carbonyl (C=O) groups is 1. The maximum absolute atomic E-state index is 12.6. The molecule has 5 nitrogen and oxygen atoms in total. The number of amides is 1. The number of ether oxygens (including phenoxy) is 1. The summed E-state index contributed by atoms with van der Waals surface area (Å²) in [7, 11) is 0. The van der Waals surface area contributed by atoms with Gasteiger partial charge in [-0.1, -0.05) is 11.6 Å². The molecule has 22 heavy (non-hydrogen) atoms. The topological polar surface area (TPSA) is 77.1 Å². The molecule has 6 heteroatoms. The molecule has 0 unspecified atom stereocenters. The lowest BCUT2D eigenvalue weighted by atomic mass is 10.1. The fraction of sp³-hybridized carbons (Fsp3) is 0.438. The molecule has 0 heterocycles. The molecule has 0 aliphatic rings. The van der Waals surface area contributed by atoms with E-state index >= 15 is 0 Å². The predicted molar refractivity (Wildman–Crippen MR) is 83.2 cm³/mol. The Morgan fingerprint density at radius 2 is 1.68 bits per heavy atom. The standard InChI is InChI=1S/C16H18ClN3O2/c1-16(2,22-14-7-5-13(17)6-8-14)15(21)20(11-3-9-18)12-4-10-19/h5-8H,3-4,11-12H2,1-2H3. The van der Waals surface area contributed by atoms with Crippen LogP contribution in [0.4, 0.5) is 0 Å². The predicted octanol–water partition coefficient (Wildman–Crippen LogP) is 3.15.